The fraction of sp³-hybridized carbons (Fsp3) is 0.150. The highest BCUT2D eigenvalue weighted by atomic mass is 32.2. The first kappa shape index (κ1) is 43.4. The SMILES string of the molecule is Cc1ccc(N=Nc2ccc(NS(=O)(=O)c3ccc(N=Nc4c(S(=O)(=O)O)cc5cc(C)c(N=Nc6ccc(OS(=O)N7CCOCC7)cc6)c(N)c5c4O)cc3)cc2)c(N)c1. The molecule has 7 N–H and O–H groups in total. The zero-order valence-corrected chi connectivity index (χ0v) is 35.4. The Morgan fingerprint density at radius 1 is 0.742 bits per heavy atom. The molecule has 1 heterocycles. The molecule has 0 bridgehead atoms. The maximum atomic E-state index is 13.2. The zero-order chi connectivity index (χ0) is 44.2. The maximum Gasteiger partial charge on any atom is 0.296 e. The van der Waals surface area contributed by atoms with Crippen LogP contribution in [-0.4, -0.2) is 61.3 Å². The number of rotatable bonds is 13. The van der Waals surface area contributed by atoms with Gasteiger partial charge in [-0.25, -0.2) is 8.42 Å². The summed E-state index contributed by atoms with van der Waals surface area (Å²) in [5, 5.41) is 36.3. The van der Waals surface area contributed by atoms with Crippen molar-refractivity contribution in [3.63, 3.8) is 0 Å². The van der Waals surface area contributed by atoms with Crippen LogP contribution >= 0.6 is 0 Å². The number of aryl methyl sites for hydroxylation is 2. The lowest BCUT2D eigenvalue weighted by atomic mass is 10.0. The van der Waals surface area contributed by atoms with Crippen molar-refractivity contribution in [2.24, 2.45) is 30.7 Å². The van der Waals surface area contributed by atoms with Gasteiger partial charge in [0.25, 0.3) is 31.4 Å². The summed E-state index contributed by atoms with van der Waals surface area (Å²) in [7, 11) is -9.04. The zero-order valence-electron chi connectivity index (χ0n) is 32.9. The molecular formula is C40H38N10O9S3. The van der Waals surface area contributed by atoms with E-state index in [9.17, 15) is 30.7 Å². The Bertz CT molecular complexity index is 3000. The largest absolute Gasteiger partial charge is 0.505 e. The van der Waals surface area contributed by atoms with Crippen molar-refractivity contribution in [2.75, 3.05) is 42.5 Å². The molecule has 0 amide bonds. The minimum Gasteiger partial charge on any atom is -0.505 e. The van der Waals surface area contributed by atoms with E-state index in [1.165, 1.54) is 42.5 Å². The van der Waals surface area contributed by atoms with Crippen LogP contribution in [0.1, 0.15) is 11.1 Å². The molecule has 22 heteroatoms. The van der Waals surface area contributed by atoms with E-state index in [1.807, 2.05) is 13.0 Å². The van der Waals surface area contributed by atoms with Gasteiger partial charge in [-0.05, 0) is 127 Å². The average Bonchev–Trinajstić information content (AvgIpc) is 3.24. The molecule has 19 nitrogen and oxygen atoms in total. The molecule has 0 aromatic heterocycles. The third-order valence-electron chi connectivity index (χ3n) is 9.26. The van der Waals surface area contributed by atoms with Crippen LogP contribution < -0.4 is 20.4 Å². The lowest BCUT2D eigenvalue weighted by Gasteiger charge is -2.24. The Morgan fingerprint density at radius 3 is 1.94 bits per heavy atom. The molecule has 1 unspecified atom stereocenters. The van der Waals surface area contributed by atoms with Crippen LogP contribution in [0.15, 0.2) is 144 Å². The number of phenols is 1. The van der Waals surface area contributed by atoms with Gasteiger partial charge in [-0.3, -0.25) is 9.27 Å². The number of nitrogen functional groups attached to an aromatic ring is 2. The van der Waals surface area contributed by atoms with Gasteiger partial charge in [-0.1, -0.05) is 6.07 Å². The Balaban J connectivity index is 1.08. The second-order valence-electron chi connectivity index (χ2n) is 13.7. The van der Waals surface area contributed by atoms with Crippen molar-refractivity contribution in [3.05, 3.63) is 114 Å². The van der Waals surface area contributed by atoms with E-state index in [2.05, 4.69) is 35.4 Å². The van der Waals surface area contributed by atoms with E-state index in [4.69, 9.17) is 20.4 Å². The van der Waals surface area contributed by atoms with E-state index in [-0.39, 0.29) is 38.4 Å². The number of aromatic hydroxyl groups is 1. The van der Waals surface area contributed by atoms with Crippen molar-refractivity contribution >= 4 is 93.4 Å². The number of azo groups is 3. The van der Waals surface area contributed by atoms with Crippen LogP contribution in [0, 0.1) is 13.8 Å². The van der Waals surface area contributed by atoms with Crippen molar-refractivity contribution < 1.29 is 39.6 Å². The number of sulfonamides is 1. The van der Waals surface area contributed by atoms with E-state index >= 15 is 0 Å². The Kier molecular flexibility index (Phi) is 12.7. The maximum absolute atomic E-state index is 13.2. The molecule has 7 rings (SSSR count). The number of nitrogens with one attached hydrogen (secondary N) is 1. The smallest absolute Gasteiger partial charge is 0.296 e. The van der Waals surface area contributed by atoms with Crippen LogP contribution in [0.3, 0.4) is 0 Å². The molecule has 1 atom stereocenters. The number of anilines is 3. The predicted molar refractivity (Wildman–Crippen MR) is 234 cm³/mol. The first-order chi connectivity index (χ1) is 29.6. The van der Waals surface area contributed by atoms with Crippen molar-refractivity contribution in [1.82, 2.24) is 4.31 Å². The van der Waals surface area contributed by atoms with Crippen molar-refractivity contribution in [1.29, 1.82) is 0 Å². The quantitative estimate of drug-likeness (QED) is 0.0414. The van der Waals surface area contributed by atoms with Gasteiger partial charge >= 0.3 is 0 Å². The number of benzene rings is 6. The molecule has 320 valence electrons. The Labute approximate surface area is 358 Å². The number of nitrogens with two attached hydrogens (primary N) is 2. The molecule has 0 radical (unpaired) electrons. The number of hydrogen-bond acceptors (Lipinski definition) is 16. The number of ether oxygens (including phenoxy) is 1. The van der Waals surface area contributed by atoms with Gasteiger partial charge < -0.3 is 25.5 Å². The van der Waals surface area contributed by atoms with Gasteiger partial charge in [0.2, 0.25) is 0 Å². The molecule has 1 aliphatic rings. The fourth-order valence-corrected chi connectivity index (χ4v) is 8.65. The fourth-order valence-electron chi connectivity index (χ4n) is 6.10. The van der Waals surface area contributed by atoms with Crippen LogP contribution in [0.4, 0.5) is 51.2 Å². The lowest BCUT2D eigenvalue weighted by Crippen LogP contribution is -2.39. The first-order valence-corrected chi connectivity index (χ1v) is 22.4. The highest BCUT2D eigenvalue weighted by Gasteiger charge is 2.25. The molecule has 1 saturated heterocycles. The summed E-state index contributed by atoms with van der Waals surface area (Å²) >= 11 is -1.70. The standard InChI is InChI=1S/C40H38N10O9S3/c1-24-3-16-34(33(41)21-24)46-43-27-4-6-30(7-5-27)49-61(53,54)32-14-10-29(11-15-32)45-48-39-35(62(55,56)57)23-26-22-25(2)38(37(42)36(26)40(39)51)47-44-28-8-12-31(13-9-28)59-60(52)50-17-19-58-20-18-50/h3-16,21-23,49,51H,17-20,41-42H2,1-2H3,(H,55,56,57). The number of fused-ring (bicyclic) bond motifs is 1. The molecule has 0 spiro atoms. The molecule has 1 fully saturated rings. The normalized spacial score (nSPS) is 14.6. The molecule has 6 aromatic rings. The number of nitrogens with zero attached hydrogens (tertiary/aromatic N) is 7. The Hall–Kier alpha value is -6.69. The van der Waals surface area contributed by atoms with Gasteiger partial charge in [-0.15, -0.1) is 15.3 Å². The van der Waals surface area contributed by atoms with Gasteiger partial charge in [0.15, 0.2) is 5.75 Å². The van der Waals surface area contributed by atoms with Crippen molar-refractivity contribution in [3.8, 4) is 11.5 Å². The monoisotopic (exact) mass is 898 g/mol. The first-order valence-electron chi connectivity index (χ1n) is 18.5. The van der Waals surface area contributed by atoms with E-state index in [1.54, 1.807) is 59.8 Å². The summed E-state index contributed by atoms with van der Waals surface area (Å²) in [4.78, 5) is -0.886. The van der Waals surface area contributed by atoms with Gasteiger partial charge in [0.05, 0.1) is 51.9 Å². The highest BCUT2D eigenvalue weighted by molar-refractivity contribution is 7.92. The number of hydrogen-bond donors (Lipinski definition) is 5. The highest BCUT2D eigenvalue weighted by Crippen LogP contribution is 2.47. The van der Waals surface area contributed by atoms with Crippen LogP contribution in [0.25, 0.3) is 10.8 Å². The lowest BCUT2D eigenvalue weighted by molar-refractivity contribution is 0.0728. The van der Waals surface area contributed by atoms with Gasteiger partial charge in [-0.2, -0.15) is 32.3 Å². The predicted octanol–water partition coefficient (Wildman–Crippen LogP) is 8.91. The number of phenolic OH excluding ortho intramolecular Hbond substituents is 1. The van der Waals surface area contributed by atoms with E-state index < -0.39 is 47.7 Å². The minimum absolute atomic E-state index is 0.0418. The molecule has 62 heavy (non-hydrogen) atoms. The van der Waals surface area contributed by atoms with E-state index in [0.29, 0.717) is 60.4 Å². The minimum atomic E-state index is -4.97. The van der Waals surface area contributed by atoms with Gasteiger partial charge in [0, 0.05) is 18.8 Å². The summed E-state index contributed by atoms with van der Waals surface area (Å²) in [5.41, 5.74) is 15.5. The van der Waals surface area contributed by atoms with Crippen molar-refractivity contribution in [2.45, 2.75) is 23.6 Å². The molecular weight excluding hydrogens is 861 g/mol. The van der Waals surface area contributed by atoms with Crippen LogP contribution in [0.5, 0.6) is 11.5 Å². The van der Waals surface area contributed by atoms with E-state index in [0.717, 1.165) is 11.6 Å². The number of morpholine rings is 1. The second kappa shape index (κ2) is 18.1. The second-order valence-corrected chi connectivity index (χ2v) is 17.9. The Morgan fingerprint density at radius 2 is 1.32 bits per heavy atom. The topological polar surface area (TPSA) is 286 Å². The molecule has 1 aliphatic heterocycles. The molecule has 6 aromatic carbocycles. The van der Waals surface area contributed by atoms with Crippen LogP contribution in [0.2, 0.25) is 0 Å². The molecule has 0 saturated carbocycles. The van der Waals surface area contributed by atoms with Gasteiger partial charge in [0.1, 0.15) is 27.7 Å². The molecule has 0 aliphatic carbocycles. The average molecular weight is 899 g/mol. The third kappa shape index (κ3) is 10.1. The summed E-state index contributed by atoms with van der Waals surface area (Å²) in [5.74, 6) is -0.379. The summed E-state index contributed by atoms with van der Waals surface area (Å²) < 4.78 is 89.0. The summed E-state index contributed by atoms with van der Waals surface area (Å²) in [6.07, 6.45) is 0. The summed E-state index contributed by atoms with van der Waals surface area (Å²) in [6.45, 7) is 5.43. The third-order valence-corrected chi connectivity index (χ3v) is 12.6. The van der Waals surface area contributed by atoms with Crippen LogP contribution in [-0.2, 0) is 36.1 Å². The summed E-state index contributed by atoms with van der Waals surface area (Å²) in [6, 6.07) is 25.6.